The number of aryl methyl sites for hydroxylation is 2. The predicted molar refractivity (Wildman–Crippen MR) is 153 cm³/mol. The smallest absolute Gasteiger partial charge is 0.125 e. The largest absolute Gasteiger partial charge is 0.249 e. The fraction of sp³-hybridized carbons (Fsp3) is 0.167. The average Bonchev–Trinajstić information content (AvgIpc) is 2.93. The molecule has 0 fully saturated rings. The van der Waals surface area contributed by atoms with Crippen molar-refractivity contribution in [3.05, 3.63) is 125 Å². The number of hydrogen-bond acceptors (Lipinski definition) is 4. The van der Waals surface area contributed by atoms with Crippen LogP contribution in [0.2, 0.25) is 0 Å². The lowest BCUT2D eigenvalue weighted by atomic mass is 9.98. The topological polar surface area (TPSA) is 70.0 Å². The van der Waals surface area contributed by atoms with Gasteiger partial charge in [0.1, 0.15) is 11.0 Å². The lowest BCUT2D eigenvalue weighted by molar-refractivity contribution is 0.612. The van der Waals surface area contributed by atoms with Crippen molar-refractivity contribution in [2.45, 2.75) is 39.8 Å². The van der Waals surface area contributed by atoms with E-state index >= 15 is 0 Å². The van der Waals surface area contributed by atoms with Gasteiger partial charge in [-0.1, -0.05) is 65.7 Å². The highest BCUT2D eigenvalue weighted by atomic mass is 32.2. The molecule has 4 aromatic carbocycles. The third-order valence-electron chi connectivity index (χ3n) is 6.08. The Morgan fingerprint density at radius 1 is 0.784 bits per heavy atom. The predicted octanol–water partition coefficient (Wildman–Crippen LogP) is 6.80. The van der Waals surface area contributed by atoms with E-state index in [2.05, 4.69) is 10.8 Å². The summed E-state index contributed by atoms with van der Waals surface area (Å²) in [5, 5.41) is 9.09. The highest BCUT2D eigenvalue weighted by Crippen LogP contribution is 2.42. The Hall–Kier alpha value is -3.02. The van der Waals surface area contributed by atoms with Gasteiger partial charge in [0.2, 0.25) is 0 Å². The van der Waals surface area contributed by atoms with Crippen LogP contribution in [-0.4, -0.2) is 14.7 Å². The summed E-state index contributed by atoms with van der Waals surface area (Å²) in [5.41, 5.74) is 4.58. The quantitative estimate of drug-likeness (QED) is 0.252. The van der Waals surface area contributed by atoms with Gasteiger partial charge in [0.15, 0.2) is 0 Å². The maximum absolute atomic E-state index is 13.7. The van der Waals surface area contributed by atoms with E-state index in [-0.39, 0.29) is 11.3 Å². The first-order valence-corrected chi connectivity index (χ1v) is 15.3. The van der Waals surface area contributed by atoms with Gasteiger partial charge in [0.05, 0.1) is 38.6 Å². The van der Waals surface area contributed by atoms with Gasteiger partial charge in [-0.3, -0.25) is 0 Å². The van der Waals surface area contributed by atoms with Gasteiger partial charge in [0.25, 0.3) is 0 Å². The molecule has 0 saturated heterocycles. The van der Waals surface area contributed by atoms with E-state index < -0.39 is 21.8 Å². The summed E-state index contributed by atoms with van der Waals surface area (Å²) >= 11 is 1.61. The molecule has 0 radical (unpaired) electrons. The Morgan fingerprint density at radius 3 is 1.92 bits per heavy atom. The molecule has 37 heavy (non-hydrogen) atoms. The molecule has 7 heteroatoms. The van der Waals surface area contributed by atoms with Gasteiger partial charge in [-0.05, 0) is 73.7 Å². The van der Waals surface area contributed by atoms with E-state index in [9.17, 15) is 13.7 Å². The molecule has 0 amide bonds. The van der Waals surface area contributed by atoms with Crippen molar-refractivity contribution in [2.75, 3.05) is 6.26 Å². The molecule has 0 spiro atoms. The van der Waals surface area contributed by atoms with Gasteiger partial charge in [-0.2, -0.15) is 17.0 Å². The minimum absolute atomic E-state index is 0.201. The van der Waals surface area contributed by atoms with Gasteiger partial charge in [0, 0.05) is 9.79 Å². The van der Waals surface area contributed by atoms with Crippen molar-refractivity contribution in [2.24, 2.45) is 0 Å². The summed E-state index contributed by atoms with van der Waals surface area (Å²) in [6, 6.07) is 32.2. The van der Waals surface area contributed by atoms with Crippen molar-refractivity contribution >= 4 is 33.5 Å². The van der Waals surface area contributed by atoms with E-state index in [1.165, 1.54) is 0 Å². The van der Waals surface area contributed by atoms with Crippen LogP contribution < -0.4 is 4.72 Å². The van der Waals surface area contributed by atoms with Gasteiger partial charge in [-0.15, -0.1) is 0 Å². The number of nitriles is 1. The third-order valence-corrected chi connectivity index (χ3v) is 9.76. The van der Waals surface area contributed by atoms with Gasteiger partial charge in [-0.25, -0.2) is 13.1 Å². The standard InChI is InChI=1S/C30H28N2O2S3/c1-21-8-16-25(17-9-21)36(33)28-7-5-4-6-27(28)30(35-3)29(24-14-12-23(20-31)13-15-24)32-37(34)26-18-10-22(2)11-19-26/h4-19,29-30,32H,1-3H3/t29-,30+,36+,37+/m1/s1. The van der Waals surface area contributed by atoms with E-state index in [0.717, 1.165) is 32.0 Å². The number of thioether (sulfide) groups is 1. The number of benzene rings is 4. The zero-order chi connectivity index (χ0) is 26.4. The highest BCUT2D eigenvalue weighted by molar-refractivity contribution is 7.99. The third kappa shape index (κ3) is 6.46. The Morgan fingerprint density at radius 2 is 1.35 bits per heavy atom. The first kappa shape index (κ1) is 27.0. The Bertz CT molecular complexity index is 1440. The molecule has 0 aliphatic heterocycles. The SMILES string of the molecule is CS[C@@H](c1ccccc1[S@@](=O)c1ccc(C)cc1)[C@H](N[S@@](=O)c1ccc(C)cc1)c1ccc(C#N)cc1. The van der Waals surface area contributed by atoms with Crippen molar-refractivity contribution in [1.82, 2.24) is 4.72 Å². The van der Waals surface area contributed by atoms with Crippen LogP contribution in [-0.2, 0) is 21.8 Å². The van der Waals surface area contributed by atoms with Crippen LogP contribution in [0, 0.1) is 25.2 Å². The van der Waals surface area contributed by atoms with Crippen LogP contribution in [0.15, 0.2) is 112 Å². The molecule has 188 valence electrons. The maximum Gasteiger partial charge on any atom is 0.125 e. The Kier molecular flexibility index (Phi) is 9.12. The Balaban J connectivity index is 1.77. The van der Waals surface area contributed by atoms with Crippen molar-refractivity contribution in [1.29, 1.82) is 5.26 Å². The molecule has 0 aliphatic rings. The number of nitrogens with one attached hydrogen (secondary N) is 1. The summed E-state index contributed by atoms with van der Waals surface area (Å²) in [5.74, 6) is 0. The monoisotopic (exact) mass is 544 g/mol. The summed E-state index contributed by atoms with van der Waals surface area (Å²) in [4.78, 5) is 2.15. The number of rotatable bonds is 9. The zero-order valence-corrected chi connectivity index (χ0v) is 23.3. The first-order chi connectivity index (χ1) is 17.9. The minimum atomic E-state index is -1.49. The highest BCUT2D eigenvalue weighted by Gasteiger charge is 2.29. The molecule has 0 bridgehead atoms. The van der Waals surface area contributed by atoms with Crippen LogP contribution in [0.4, 0.5) is 0 Å². The second-order valence-corrected chi connectivity index (χ2v) is 12.4. The molecule has 0 aliphatic carbocycles. The number of nitrogens with zero attached hydrogens (tertiary/aromatic N) is 1. The van der Waals surface area contributed by atoms with E-state index in [4.69, 9.17) is 0 Å². The summed E-state index contributed by atoms with van der Waals surface area (Å²) in [6.45, 7) is 4.00. The molecule has 0 saturated carbocycles. The molecular formula is C30H28N2O2S3. The molecule has 4 atom stereocenters. The summed E-state index contributed by atoms with van der Waals surface area (Å²) in [7, 11) is -2.86. The maximum atomic E-state index is 13.7. The van der Waals surface area contributed by atoms with E-state index in [1.54, 1.807) is 23.9 Å². The second kappa shape index (κ2) is 12.5. The van der Waals surface area contributed by atoms with Crippen LogP contribution >= 0.6 is 11.8 Å². The lowest BCUT2D eigenvalue weighted by Gasteiger charge is -2.29. The van der Waals surface area contributed by atoms with Gasteiger partial charge >= 0.3 is 0 Å². The van der Waals surface area contributed by atoms with E-state index in [0.29, 0.717) is 10.5 Å². The molecule has 1 N–H and O–H groups in total. The van der Waals surface area contributed by atoms with Crippen molar-refractivity contribution in [3.63, 3.8) is 0 Å². The second-order valence-electron chi connectivity index (χ2n) is 8.69. The molecular weight excluding hydrogens is 517 g/mol. The molecule has 0 heterocycles. The first-order valence-electron chi connectivity index (χ1n) is 11.8. The molecule has 4 nitrogen and oxygen atoms in total. The fourth-order valence-electron chi connectivity index (χ4n) is 4.03. The molecule has 4 rings (SSSR count). The lowest BCUT2D eigenvalue weighted by Crippen LogP contribution is -2.28. The summed E-state index contributed by atoms with van der Waals surface area (Å²) < 4.78 is 30.5. The fourth-order valence-corrected chi connectivity index (χ4v) is 7.42. The van der Waals surface area contributed by atoms with Crippen LogP contribution in [0.3, 0.4) is 0 Å². The van der Waals surface area contributed by atoms with Crippen molar-refractivity contribution < 1.29 is 8.42 Å². The zero-order valence-electron chi connectivity index (χ0n) is 20.9. The van der Waals surface area contributed by atoms with Crippen LogP contribution in [0.5, 0.6) is 0 Å². The number of hydrogen-bond donors (Lipinski definition) is 1. The van der Waals surface area contributed by atoms with Crippen molar-refractivity contribution in [3.8, 4) is 6.07 Å². The molecule has 0 unspecified atom stereocenters. The normalized spacial score (nSPS) is 14.3. The van der Waals surface area contributed by atoms with E-state index in [1.807, 2.05) is 105 Å². The minimum Gasteiger partial charge on any atom is -0.249 e. The van der Waals surface area contributed by atoms with Gasteiger partial charge < -0.3 is 0 Å². The summed E-state index contributed by atoms with van der Waals surface area (Å²) in [6.07, 6.45) is 2.00. The Labute approximate surface area is 228 Å². The average molecular weight is 545 g/mol. The van der Waals surface area contributed by atoms with Crippen LogP contribution in [0.25, 0.3) is 0 Å². The molecule has 4 aromatic rings. The van der Waals surface area contributed by atoms with Crippen LogP contribution in [0.1, 0.15) is 39.1 Å². The molecule has 0 aromatic heterocycles.